The van der Waals surface area contributed by atoms with E-state index in [1.54, 1.807) is 24.5 Å². The Morgan fingerprint density at radius 3 is 2.55 bits per heavy atom. The fraction of sp³-hybridized carbons (Fsp3) is 0.357. The van der Waals surface area contributed by atoms with E-state index in [1.807, 2.05) is 24.5 Å². The van der Waals surface area contributed by atoms with Crippen molar-refractivity contribution >= 4 is 27.7 Å². The third-order valence-corrected chi connectivity index (χ3v) is 7.65. The molecule has 1 aliphatic rings. The van der Waals surface area contributed by atoms with Crippen LogP contribution in [0.25, 0.3) is 11.4 Å². The molecule has 4 N–H and O–H groups in total. The number of primary sulfonamides is 1. The van der Waals surface area contributed by atoms with Gasteiger partial charge in [-0.15, -0.1) is 0 Å². The number of benzene rings is 2. The number of hydrogen-bond donors (Lipinski definition) is 3. The standard InChI is InChI=1S/C28H34N6O7S/c1-18(2)25-27(36)31-11-13-33-12-10-30-26(33)20-6-9-22(40-3)23(16-20)41-15-14-34(17-24(35)32-25)28(37)19-4-7-21(8-5-19)42(29,38)39/h4-10,12,16,18,25H,11,13-15,17H2,1-3H3,(H,31,36)(H,32,35)(H2,29,38,39)/t25-/m1/s1. The molecule has 0 fully saturated rings. The van der Waals surface area contributed by atoms with Gasteiger partial charge in [0.2, 0.25) is 21.8 Å². The quantitative estimate of drug-likeness (QED) is 0.399. The van der Waals surface area contributed by atoms with Crippen LogP contribution in [0.3, 0.4) is 0 Å². The van der Waals surface area contributed by atoms with Gasteiger partial charge in [0.25, 0.3) is 5.91 Å². The Labute approximate surface area is 244 Å². The number of nitrogens with zero attached hydrogens (tertiary/aromatic N) is 3. The minimum absolute atomic E-state index is 0.00334. The molecule has 3 amide bonds. The molecule has 1 aromatic heterocycles. The van der Waals surface area contributed by atoms with Crippen molar-refractivity contribution in [3.63, 3.8) is 0 Å². The van der Waals surface area contributed by atoms with Crippen LogP contribution in [0.4, 0.5) is 0 Å². The first-order valence-electron chi connectivity index (χ1n) is 13.3. The summed E-state index contributed by atoms with van der Waals surface area (Å²) in [5.74, 6) is -0.120. The molecule has 0 radical (unpaired) electrons. The average Bonchev–Trinajstić information content (AvgIpc) is 3.42. The molecule has 1 aliphatic heterocycles. The third kappa shape index (κ3) is 7.25. The normalized spacial score (nSPS) is 17.0. The van der Waals surface area contributed by atoms with E-state index in [2.05, 4.69) is 15.6 Å². The lowest BCUT2D eigenvalue weighted by Crippen LogP contribution is -2.53. The predicted octanol–water partition coefficient (Wildman–Crippen LogP) is 0.998. The largest absolute Gasteiger partial charge is 0.493 e. The highest BCUT2D eigenvalue weighted by molar-refractivity contribution is 7.89. The van der Waals surface area contributed by atoms with Crippen LogP contribution in [-0.4, -0.2) is 80.0 Å². The van der Waals surface area contributed by atoms with Gasteiger partial charge in [-0.2, -0.15) is 0 Å². The van der Waals surface area contributed by atoms with Gasteiger partial charge in [0, 0.05) is 36.6 Å². The molecular weight excluding hydrogens is 564 g/mol. The van der Waals surface area contributed by atoms with Crippen LogP contribution in [0.2, 0.25) is 0 Å². The number of ether oxygens (including phenoxy) is 2. The van der Waals surface area contributed by atoms with Crippen LogP contribution in [0, 0.1) is 5.92 Å². The van der Waals surface area contributed by atoms with Crippen LogP contribution in [0.15, 0.2) is 59.8 Å². The zero-order valence-electron chi connectivity index (χ0n) is 23.6. The smallest absolute Gasteiger partial charge is 0.254 e. The molecule has 0 saturated carbocycles. The molecule has 0 spiro atoms. The highest BCUT2D eigenvalue weighted by Crippen LogP contribution is 2.32. The molecule has 14 heteroatoms. The number of rotatable bonds is 4. The first-order valence-corrected chi connectivity index (χ1v) is 14.8. The van der Waals surface area contributed by atoms with Gasteiger partial charge in [-0.25, -0.2) is 18.5 Å². The number of imidazole rings is 1. The van der Waals surface area contributed by atoms with Gasteiger partial charge >= 0.3 is 0 Å². The van der Waals surface area contributed by atoms with Crippen LogP contribution >= 0.6 is 0 Å². The van der Waals surface area contributed by atoms with Crippen LogP contribution in [0.1, 0.15) is 24.2 Å². The van der Waals surface area contributed by atoms with Crippen LogP contribution < -0.4 is 25.2 Å². The topological polar surface area (TPSA) is 175 Å². The molecule has 2 aromatic carbocycles. The van der Waals surface area contributed by atoms with Gasteiger partial charge in [0.1, 0.15) is 18.5 Å². The Balaban J connectivity index is 1.67. The van der Waals surface area contributed by atoms with E-state index in [9.17, 15) is 22.8 Å². The molecule has 224 valence electrons. The SMILES string of the molecule is COc1ccc2cc1OCCN(C(=O)c1ccc(S(N)(=O)=O)cc1)CC(=O)N[C@H](C(C)C)C(=O)NCCn1ccnc1-2. The Hall–Kier alpha value is -4.43. The second-order valence-electron chi connectivity index (χ2n) is 10.0. The van der Waals surface area contributed by atoms with Crippen molar-refractivity contribution in [2.75, 3.05) is 33.4 Å². The zero-order valence-corrected chi connectivity index (χ0v) is 24.4. The summed E-state index contributed by atoms with van der Waals surface area (Å²) in [5, 5.41) is 10.8. The van der Waals surface area contributed by atoms with Crippen molar-refractivity contribution in [3.05, 3.63) is 60.4 Å². The number of amides is 3. The molecule has 0 saturated heterocycles. The number of hydrogen-bond acceptors (Lipinski definition) is 8. The molecule has 3 aromatic rings. The predicted molar refractivity (Wildman–Crippen MR) is 153 cm³/mol. The van der Waals surface area contributed by atoms with E-state index >= 15 is 0 Å². The van der Waals surface area contributed by atoms with Crippen molar-refractivity contribution in [1.82, 2.24) is 25.1 Å². The Morgan fingerprint density at radius 2 is 1.88 bits per heavy atom. The molecule has 0 aliphatic carbocycles. The summed E-state index contributed by atoms with van der Waals surface area (Å²) in [6, 6.07) is 9.61. The van der Waals surface area contributed by atoms with Crippen LogP contribution in [0.5, 0.6) is 11.5 Å². The van der Waals surface area contributed by atoms with Gasteiger partial charge in [-0.1, -0.05) is 13.8 Å². The maximum atomic E-state index is 13.5. The van der Waals surface area contributed by atoms with Gasteiger partial charge in [0.15, 0.2) is 11.5 Å². The van der Waals surface area contributed by atoms with E-state index in [1.165, 1.54) is 36.3 Å². The lowest BCUT2D eigenvalue weighted by Gasteiger charge is -2.26. The first kappa shape index (κ1) is 30.5. The van der Waals surface area contributed by atoms with Crippen molar-refractivity contribution < 1.29 is 32.3 Å². The lowest BCUT2D eigenvalue weighted by molar-refractivity contribution is -0.130. The Bertz CT molecular complexity index is 1550. The maximum absolute atomic E-state index is 13.5. The number of aromatic nitrogens is 2. The summed E-state index contributed by atoms with van der Waals surface area (Å²) in [5.41, 5.74) is 0.900. The third-order valence-electron chi connectivity index (χ3n) is 6.73. The molecule has 4 rings (SSSR count). The summed E-state index contributed by atoms with van der Waals surface area (Å²) in [6.45, 7) is 3.97. The van der Waals surface area contributed by atoms with Crippen LogP contribution in [-0.2, 0) is 26.2 Å². The number of sulfonamides is 1. The average molecular weight is 599 g/mol. The maximum Gasteiger partial charge on any atom is 0.254 e. The van der Waals surface area contributed by atoms with Gasteiger partial charge in [-0.05, 0) is 48.4 Å². The van der Waals surface area contributed by atoms with E-state index < -0.39 is 27.9 Å². The molecule has 13 nitrogen and oxygen atoms in total. The molecule has 1 atom stereocenters. The highest BCUT2D eigenvalue weighted by atomic mass is 32.2. The van der Waals surface area contributed by atoms with Crippen molar-refractivity contribution in [1.29, 1.82) is 0 Å². The van der Waals surface area contributed by atoms with Gasteiger partial charge < -0.3 is 29.6 Å². The lowest BCUT2D eigenvalue weighted by atomic mass is 10.0. The summed E-state index contributed by atoms with van der Waals surface area (Å²) in [6.07, 6.45) is 3.47. The van der Waals surface area contributed by atoms with E-state index in [0.29, 0.717) is 30.4 Å². The summed E-state index contributed by atoms with van der Waals surface area (Å²) in [7, 11) is -2.44. The van der Waals surface area contributed by atoms with E-state index in [-0.39, 0.29) is 42.0 Å². The molecule has 2 bridgehead atoms. The second kappa shape index (κ2) is 13.0. The minimum Gasteiger partial charge on any atom is -0.493 e. The molecule has 2 heterocycles. The number of methoxy groups -OCH3 is 1. The minimum atomic E-state index is -3.95. The van der Waals surface area contributed by atoms with Crippen molar-refractivity contribution in [2.45, 2.75) is 31.3 Å². The summed E-state index contributed by atoms with van der Waals surface area (Å²) in [4.78, 5) is 45.2. The number of fused-ring (bicyclic) bond motifs is 4. The number of nitrogens with one attached hydrogen (secondary N) is 2. The number of carbonyl (C=O) groups excluding carboxylic acids is 3. The number of nitrogens with two attached hydrogens (primary N) is 1. The number of carbonyl (C=O) groups is 3. The highest BCUT2D eigenvalue weighted by Gasteiger charge is 2.27. The molecule has 42 heavy (non-hydrogen) atoms. The second-order valence-corrected chi connectivity index (χ2v) is 11.6. The van der Waals surface area contributed by atoms with E-state index in [0.717, 1.165) is 5.56 Å². The molecule has 0 unspecified atom stereocenters. The summed E-state index contributed by atoms with van der Waals surface area (Å²) < 4.78 is 36.7. The van der Waals surface area contributed by atoms with Crippen molar-refractivity contribution in [2.24, 2.45) is 11.1 Å². The summed E-state index contributed by atoms with van der Waals surface area (Å²) >= 11 is 0. The zero-order chi connectivity index (χ0) is 30.4. The Kier molecular flexibility index (Phi) is 9.48. The first-order chi connectivity index (χ1) is 20.0. The monoisotopic (exact) mass is 598 g/mol. The van der Waals surface area contributed by atoms with Gasteiger partial charge in [-0.3, -0.25) is 14.4 Å². The fourth-order valence-electron chi connectivity index (χ4n) is 4.50. The van der Waals surface area contributed by atoms with Crippen molar-refractivity contribution in [3.8, 4) is 22.9 Å². The molecular formula is C28H34N6O7S. The van der Waals surface area contributed by atoms with E-state index in [4.69, 9.17) is 14.6 Å². The fourth-order valence-corrected chi connectivity index (χ4v) is 5.02. The van der Waals surface area contributed by atoms with Gasteiger partial charge in [0.05, 0.1) is 25.1 Å². The Morgan fingerprint density at radius 1 is 1.14 bits per heavy atom.